The maximum atomic E-state index is 13.5. The molecule has 1 aliphatic heterocycles. The lowest BCUT2D eigenvalue weighted by atomic mass is 9.82. The molecule has 138 valence electrons. The standard InChI is InChI=1S/C17H20FN5O3/c1-17(2,3)15-14(21-22-19)13(10-23(15)16(24)25)26-8-4-5-11-6-7-20-9-12(11)18/h6-7,9,13-15,19H,8,10H2,1-3H3/p+1/t13-,14+,15?/m0/s1. The molecule has 1 unspecified atom stereocenters. The lowest BCUT2D eigenvalue weighted by Gasteiger charge is -2.33. The zero-order chi connectivity index (χ0) is 19.3. The van der Waals surface area contributed by atoms with Crippen molar-refractivity contribution < 1.29 is 19.0 Å². The van der Waals surface area contributed by atoms with Crippen molar-refractivity contribution in [3.8, 4) is 11.8 Å². The van der Waals surface area contributed by atoms with Crippen LogP contribution in [0.25, 0.3) is 0 Å². The van der Waals surface area contributed by atoms with Crippen molar-refractivity contribution in [3.63, 3.8) is 0 Å². The molecule has 1 aromatic rings. The van der Waals surface area contributed by atoms with E-state index in [9.17, 15) is 14.3 Å². The van der Waals surface area contributed by atoms with Gasteiger partial charge in [-0.1, -0.05) is 32.6 Å². The molecule has 1 saturated heterocycles. The van der Waals surface area contributed by atoms with E-state index in [0.29, 0.717) is 0 Å². The first-order valence-electron chi connectivity index (χ1n) is 8.02. The Morgan fingerprint density at radius 3 is 2.92 bits per heavy atom. The summed E-state index contributed by atoms with van der Waals surface area (Å²) in [6.07, 6.45) is 0.853. The summed E-state index contributed by atoms with van der Waals surface area (Å²) in [5.74, 6) is 4.83. The molecule has 1 aliphatic rings. The number of likely N-dealkylation sites (tertiary alicyclic amines) is 1. The van der Waals surface area contributed by atoms with Gasteiger partial charge in [0.2, 0.25) is 4.91 Å². The summed E-state index contributed by atoms with van der Waals surface area (Å²) in [5.41, 5.74) is 6.83. The number of aromatic nitrogens is 1. The van der Waals surface area contributed by atoms with Crippen LogP contribution in [0.1, 0.15) is 26.3 Å². The summed E-state index contributed by atoms with van der Waals surface area (Å²) in [4.78, 5) is 19.6. The number of pyridine rings is 1. The Balaban J connectivity index is 2.14. The van der Waals surface area contributed by atoms with E-state index >= 15 is 0 Å². The van der Waals surface area contributed by atoms with E-state index in [0.717, 1.165) is 6.20 Å². The average Bonchev–Trinajstić information content (AvgIpc) is 2.92. The third-order valence-electron chi connectivity index (χ3n) is 4.11. The van der Waals surface area contributed by atoms with E-state index in [-0.39, 0.29) is 18.7 Å². The molecule has 2 heterocycles. The number of hydrogen-bond acceptors (Lipinski definition) is 5. The molecule has 0 saturated carbocycles. The van der Waals surface area contributed by atoms with Crippen molar-refractivity contribution in [1.82, 2.24) is 14.8 Å². The van der Waals surface area contributed by atoms with Crippen LogP contribution in [-0.2, 0) is 4.74 Å². The predicted molar refractivity (Wildman–Crippen MR) is 89.9 cm³/mol. The van der Waals surface area contributed by atoms with E-state index in [1.807, 2.05) is 20.8 Å². The van der Waals surface area contributed by atoms with E-state index in [2.05, 4.69) is 26.9 Å². The minimum atomic E-state index is -1.08. The molecule has 0 radical (unpaired) electrons. The van der Waals surface area contributed by atoms with Gasteiger partial charge in [0.05, 0.1) is 24.3 Å². The SMILES string of the molecule is CC(C)(C)C1[C@H](N=[N+]=N)[C@@H](OCC#Cc2ccncc2F)CN1C(=O)O. The Labute approximate surface area is 150 Å². The second-order valence-corrected chi connectivity index (χ2v) is 6.96. The monoisotopic (exact) mass is 362 g/mol. The molecule has 1 amide bonds. The zero-order valence-corrected chi connectivity index (χ0v) is 14.8. The molecule has 0 aliphatic carbocycles. The minimum absolute atomic E-state index is 0.0270. The Morgan fingerprint density at radius 2 is 2.35 bits per heavy atom. The lowest BCUT2D eigenvalue weighted by molar-refractivity contribution is 0.0710. The summed E-state index contributed by atoms with van der Waals surface area (Å²) in [6, 6.07) is 0.365. The normalized spacial score (nSPS) is 22.3. The summed E-state index contributed by atoms with van der Waals surface area (Å²) < 4.78 is 19.2. The summed E-state index contributed by atoms with van der Waals surface area (Å²) in [6.45, 7) is 5.77. The van der Waals surface area contributed by atoms with E-state index in [1.165, 1.54) is 17.2 Å². The first kappa shape index (κ1) is 19.5. The molecular weight excluding hydrogens is 341 g/mol. The van der Waals surface area contributed by atoms with E-state index < -0.39 is 35.5 Å². The van der Waals surface area contributed by atoms with Gasteiger partial charge >= 0.3 is 6.09 Å². The second-order valence-electron chi connectivity index (χ2n) is 6.96. The fourth-order valence-electron chi connectivity index (χ4n) is 3.09. The van der Waals surface area contributed by atoms with Crippen molar-refractivity contribution in [2.45, 2.75) is 39.0 Å². The molecule has 0 aromatic carbocycles. The van der Waals surface area contributed by atoms with Crippen LogP contribution < -0.4 is 4.91 Å². The van der Waals surface area contributed by atoms with Crippen molar-refractivity contribution in [3.05, 3.63) is 29.8 Å². The Hall–Kier alpha value is -2.82. The number of nitrogens with one attached hydrogen (secondary N) is 1. The highest BCUT2D eigenvalue weighted by Gasteiger charge is 2.52. The second kappa shape index (κ2) is 8.04. The van der Waals surface area contributed by atoms with Crippen LogP contribution in [0.15, 0.2) is 23.6 Å². The van der Waals surface area contributed by atoms with Gasteiger partial charge in [-0.05, 0) is 11.5 Å². The first-order valence-corrected chi connectivity index (χ1v) is 8.02. The van der Waals surface area contributed by atoms with Gasteiger partial charge in [0.25, 0.3) is 0 Å². The molecular formula is C17H21FN5O3+. The highest BCUT2D eigenvalue weighted by molar-refractivity contribution is 5.66. The van der Waals surface area contributed by atoms with Gasteiger partial charge < -0.3 is 9.84 Å². The number of hydrogen-bond donors (Lipinski definition) is 2. The molecule has 9 heteroatoms. The summed E-state index contributed by atoms with van der Waals surface area (Å²) in [5, 5.41) is 13.4. The fraction of sp³-hybridized carbons (Fsp3) is 0.529. The van der Waals surface area contributed by atoms with Gasteiger partial charge in [0.15, 0.2) is 11.9 Å². The molecule has 2 N–H and O–H groups in total. The third kappa shape index (κ3) is 4.42. The maximum Gasteiger partial charge on any atom is 0.407 e. The molecule has 0 bridgehead atoms. The Morgan fingerprint density at radius 1 is 1.62 bits per heavy atom. The number of halogens is 1. The van der Waals surface area contributed by atoms with Crippen LogP contribution in [0.4, 0.5) is 9.18 Å². The van der Waals surface area contributed by atoms with Gasteiger partial charge in [0.1, 0.15) is 23.4 Å². The van der Waals surface area contributed by atoms with Gasteiger partial charge in [-0.3, -0.25) is 9.88 Å². The number of rotatable bonds is 3. The van der Waals surface area contributed by atoms with E-state index in [4.69, 9.17) is 10.3 Å². The highest BCUT2D eigenvalue weighted by atomic mass is 19.1. The average molecular weight is 362 g/mol. The van der Waals surface area contributed by atoms with Crippen molar-refractivity contribution >= 4 is 6.09 Å². The third-order valence-corrected chi connectivity index (χ3v) is 4.11. The molecule has 1 fully saturated rings. The molecule has 26 heavy (non-hydrogen) atoms. The van der Waals surface area contributed by atoms with Crippen molar-refractivity contribution in [2.24, 2.45) is 10.5 Å². The number of amides is 1. The number of ether oxygens (including phenoxy) is 1. The molecule has 0 spiro atoms. The van der Waals surface area contributed by atoms with E-state index in [1.54, 1.807) is 0 Å². The van der Waals surface area contributed by atoms with Gasteiger partial charge in [-0.25, -0.2) is 9.18 Å². The summed E-state index contributed by atoms with van der Waals surface area (Å²) in [7, 11) is 0. The van der Waals surface area contributed by atoms with Crippen LogP contribution in [0.2, 0.25) is 0 Å². The topological polar surface area (TPSA) is 113 Å². The van der Waals surface area contributed by atoms with Crippen LogP contribution in [0, 0.1) is 28.6 Å². The quantitative estimate of drug-likeness (QED) is 0.488. The lowest BCUT2D eigenvalue weighted by Crippen LogP contribution is -2.47. The Bertz CT molecular complexity index is 777. The number of carboxylic acid groups (broad SMARTS) is 1. The largest absolute Gasteiger partial charge is 0.465 e. The predicted octanol–water partition coefficient (Wildman–Crippen LogP) is 2.28. The van der Waals surface area contributed by atoms with Gasteiger partial charge in [-0.2, -0.15) is 0 Å². The number of nitrogens with zero attached hydrogens (tertiary/aromatic N) is 4. The molecule has 8 nitrogen and oxygen atoms in total. The summed E-state index contributed by atoms with van der Waals surface area (Å²) >= 11 is 0. The first-order chi connectivity index (χ1) is 12.3. The van der Waals surface area contributed by atoms with Crippen LogP contribution in [0.3, 0.4) is 0 Å². The molecule has 2 rings (SSSR count). The minimum Gasteiger partial charge on any atom is -0.465 e. The van der Waals surface area contributed by atoms with Crippen LogP contribution in [0.5, 0.6) is 0 Å². The van der Waals surface area contributed by atoms with Crippen molar-refractivity contribution in [1.29, 1.82) is 5.53 Å². The van der Waals surface area contributed by atoms with Gasteiger partial charge in [0, 0.05) is 6.20 Å². The van der Waals surface area contributed by atoms with Crippen LogP contribution in [-0.4, -0.2) is 52.4 Å². The Kier molecular flexibility index (Phi) is 6.03. The van der Waals surface area contributed by atoms with Crippen LogP contribution >= 0.6 is 0 Å². The number of carbonyl (C=O) groups is 1. The van der Waals surface area contributed by atoms with Gasteiger partial charge in [-0.15, -0.1) is 0 Å². The fourth-order valence-corrected chi connectivity index (χ4v) is 3.09. The zero-order valence-electron chi connectivity index (χ0n) is 14.8. The molecule has 3 atom stereocenters. The smallest absolute Gasteiger partial charge is 0.407 e. The highest BCUT2D eigenvalue weighted by Crippen LogP contribution is 2.35. The molecule has 1 aromatic heterocycles. The maximum absolute atomic E-state index is 13.5. The van der Waals surface area contributed by atoms with Crippen molar-refractivity contribution in [2.75, 3.05) is 13.2 Å².